The molecule has 0 bridgehead atoms. The second kappa shape index (κ2) is 9.83. The highest BCUT2D eigenvalue weighted by Crippen LogP contribution is 2.25. The molecule has 2 aromatic heterocycles. The lowest BCUT2D eigenvalue weighted by molar-refractivity contribution is -0.151. The Hall–Kier alpha value is -3.42. The molecule has 0 N–H and O–H groups in total. The number of hydrogen-bond donors (Lipinski definition) is 0. The number of piperidine rings is 1. The molecular weight excluding hydrogens is 432 g/mol. The van der Waals surface area contributed by atoms with E-state index in [0.717, 1.165) is 27.9 Å². The number of likely N-dealkylation sites (tertiary alicyclic amines) is 1. The minimum atomic E-state index is -0.215. The molecule has 3 aromatic rings. The van der Waals surface area contributed by atoms with Crippen LogP contribution in [0.1, 0.15) is 43.5 Å². The van der Waals surface area contributed by atoms with Crippen molar-refractivity contribution < 1.29 is 14.3 Å². The normalized spacial score (nSPS) is 14.5. The van der Waals surface area contributed by atoms with Crippen LogP contribution in [-0.4, -0.2) is 50.8 Å². The zero-order valence-corrected chi connectivity index (χ0v) is 20.3. The van der Waals surface area contributed by atoms with Crippen LogP contribution in [0, 0.1) is 19.8 Å². The van der Waals surface area contributed by atoms with E-state index in [-0.39, 0.29) is 29.9 Å². The van der Waals surface area contributed by atoms with Crippen molar-refractivity contribution in [1.82, 2.24) is 19.2 Å². The van der Waals surface area contributed by atoms with E-state index in [4.69, 9.17) is 9.84 Å². The van der Waals surface area contributed by atoms with E-state index in [2.05, 4.69) is 0 Å². The maximum Gasteiger partial charge on any atom is 0.309 e. The minimum Gasteiger partial charge on any atom is -0.466 e. The molecule has 3 heterocycles. The molecule has 8 heteroatoms. The van der Waals surface area contributed by atoms with Crippen molar-refractivity contribution in [2.45, 2.75) is 53.5 Å². The quantitative estimate of drug-likeness (QED) is 0.523. The Kier molecular flexibility index (Phi) is 6.86. The Labute approximate surface area is 199 Å². The number of ether oxygens (including phenoxy) is 1. The fourth-order valence-electron chi connectivity index (χ4n) is 4.70. The van der Waals surface area contributed by atoms with Crippen LogP contribution in [0.15, 0.2) is 35.1 Å². The molecule has 0 aliphatic carbocycles. The Balaban J connectivity index is 1.68. The molecule has 0 unspecified atom stereocenters. The third-order valence-corrected chi connectivity index (χ3v) is 6.60. The molecule has 1 aliphatic heterocycles. The smallest absolute Gasteiger partial charge is 0.309 e. The number of nitrogens with zero attached hydrogens (tertiary/aromatic N) is 4. The van der Waals surface area contributed by atoms with Crippen molar-refractivity contribution in [2.75, 3.05) is 19.7 Å². The van der Waals surface area contributed by atoms with Gasteiger partial charge in [-0.25, -0.2) is 4.68 Å². The summed E-state index contributed by atoms with van der Waals surface area (Å²) in [6, 6.07) is 9.57. The van der Waals surface area contributed by atoms with Gasteiger partial charge >= 0.3 is 5.97 Å². The third-order valence-electron chi connectivity index (χ3n) is 6.60. The lowest BCUT2D eigenvalue weighted by Gasteiger charge is -2.31. The summed E-state index contributed by atoms with van der Waals surface area (Å²) in [5.74, 6) is -0.502. The van der Waals surface area contributed by atoms with Gasteiger partial charge < -0.3 is 9.64 Å². The first-order valence-corrected chi connectivity index (χ1v) is 12.0. The number of carbonyl (C=O) groups is 2. The van der Waals surface area contributed by atoms with E-state index in [9.17, 15) is 14.4 Å². The fraction of sp³-hybridized carbons (Fsp3) is 0.462. The predicted molar refractivity (Wildman–Crippen MR) is 130 cm³/mol. The molecular formula is C26H32N4O4. The summed E-state index contributed by atoms with van der Waals surface area (Å²) in [6.07, 6.45) is 1.84. The SMILES string of the molecule is CCOC(=O)C1CCN(C(=O)Cn2c(=O)cc(CC)c3c(C)nn(-c4ccc(C)cc4)c32)CC1. The summed E-state index contributed by atoms with van der Waals surface area (Å²) in [4.78, 5) is 40.2. The van der Waals surface area contributed by atoms with Gasteiger partial charge in [-0.1, -0.05) is 24.6 Å². The first kappa shape index (κ1) is 23.7. The Morgan fingerprint density at radius 2 is 1.76 bits per heavy atom. The number of esters is 1. The van der Waals surface area contributed by atoms with Crippen molar-refractivity contribution >= 4 is 22.9 Å². The molecule has 0 spiro atoms. The second-order valence-corrected chi connectivity index (χ2v) is 8.89. The van der Waals surface area contributed by atoms with E-state index in [1.807, 2.05) is 45.0 Å². The summed E-state index contributed by atoms with van der Waals surface area (Å²) in [5.41, 5.74) is 4.14. The molecule has 1 saturated heterocycles. The largest absolute Gasteiger partial charge is 0.466 e. The average molecular weight is 465 g/mol. The van der Waals surface area contributed by atoms with Crippen molar-refractivity contribution in [3.8, 4) is 5.69 Å². The van der Waals surface area contributed by atoms with Gasteiger partial charge in [0.05, 0.1) is 23.9 Å². The second-order valence-electron chi connectivity index (χ2n) is 8.89. The van der Waals surface area contributed by atoms with Crippen molar-refractivity contribution in [2.24, 2.45) is 5.92 Å². The topological polar surface area (TPSA) is 86.4 Å². The van der Waals surface area contributed by atoms with Gasteiger partial charge in [0.25, 0.3) is 5.56 Å². The number of rotatable bonds is 6. The zero-order valence-electron chi connectivity index (χ0n) is 20.3. The summed E-state index contributed by atoms with van der Waals surface area (Å²) in [7, 11) is 0. The van der Waals surface area contributed by atoms with Crippen LogP contribution >= 0.6 is 0 Å². The Bertz CT molecular complexity index is 1260. The van der Waals surface area contributed by atoms with Crippen molar-refractivity contribution in [1.29, 1.82) is 0 Å². The third kappa shape index (κ3) is 4.49. The summed E-state index contributed by atoms with van der Waals surface area (Å²) >= 11 is 0. The number of benzene rings is 1. The maximum absolute atomic E-state index is 13.2. The maximum atomic E-state index is 13.2. The average Bonchev–Trinajstić information content (AvgIpc) is 3.18. The molecule has 34 heavy (non-hydrogen) atoms. The Morgan fingerprint density at radius 1 is 1.09 bits per heavy atom. The molecule has 180 valence electrons. The number of carbonyl (C=O) groups excluding carboxylic acids is 2. The summed E-state index contributed by atoms with van der Waals surface area (Å²) < 4.78 is 8.43. The fourth-order valence-corrected chi connectivity index (χ4v) is 4.70. The summed E-state index contributed by atoms with van der Waals surface area (Å²) in [6.45, 7) is 9.00. The van der Waals surface area contributed by atoms with Gasteiger partial charge in [-0.3, -0.25) is 19.0 Å². The molecule has 0 atom stereocenters. The van der Waals surface area contributed by atoms with Crippen molar-refractivity contribution in [3.05, 3.63) is 57.5 Å². The molecule has 1 amide bonds. The van der Waals surface area contributed by atoms with Gasteiger partial charge in [0.15, 0.2) is 0 Å². The standard InChI is InChI=1S/C26H32N4O4/c1-5-19-15-22(31)29(16-23(32)28-13-11-20(12-14-28)26(33)34-6-2)25-24(19)18(4)27-30(25)21-9-7-17(3)8-10-21/h7-10,15,20H,5-6,11-14,16H2,1-4H3. The lowest BCUT2D eigenvalue weighted by Crippen LogP contribution is -2.43. The van der Waals surface area contributed by atoms with Crippen LogP contribution in [0.2, 0.25) is 0 Å². The van der Waals surface area contributed by atoms with Crippen LogP contribution in [0.5, 0.6) is 0 Å². The predicted octanol–water partition coefficient (Wildman–Crippen LogP) is 3.17. The first-order valence-electron chi connectivity index (χ1n) is 12.0. The van der Waals surface area contributed by atoms with Crippen LogP contribution in [0.3, 0.4) is 0 Å². The zero-order chi connectivity index (χ0) is 24.4. The van der Waals surface area contributed by atoms with Crippen LogP contribution in [0.25, 0.3) is 16.7 Å². The molecule has 1 aliphatic rings. The lowest BCUT2D eigenvalue weighted by atomic mass is 9.97. The highest BCUT2D eigenvalue weighted by molar-refractivity contribution is 5.86. The van der Waals surface area contributed by atoms with E-state index in [1.165, 1.54) is 4.57 Å². The molecule has 4 rings (SSSR count). The van der Waals surface area contributed by atoms with Gasteiger partial charge in [-0.05, 0) is 57.7 Å². The Morgan fingerprint density at radius 3 is 2.38 bits per heavy atom. The molecule has 8 nitrogen and oxygen atoms in total. The van der Waals surface area contributed by atoms with Gasteiger partial charge in [0, 0.05) is 24.5 Å². The van der Waals surface area contributed by atoms with Crippen LogP contribution < -0.4 is 5.56 Å². The number of hydrogen-bond acceptors (Lipinski definition) is 5. The number of pyridine rings is 1. The number of fused-ring (bicyclic) bond motifs is 1. The van der Waals surface area contributed by atoms with E-state index in [1.54, 1.807) is 22.6 Å². The van der Waals surface area contributed by atoms with Crippen LogP contribution in [0.4, 0.5) is 0 Å². The van der Waals surface area contributed by atoms with E-state index >= 15 is 0 Å². The molecule has 1 fully saturated rings. The van der Waals surface area contributed by atoms with Gasteiger partial charge in [-0.15, -0.1) is 0 Å². The van der Waals surface area contributed by atoms with Crippen molar-refractivity contribution in [3.63, 3.8) is 0 Å². The van der Waals surface area contributed by atoms with Gasteiger partial charge in [-0.2, -0.15) is 5.10 Å². The number of aromatic nitrogens is 3. The van der Waals surface area contributed by atoms with E-state index < -0.39 is 0 Å². The van der Waals surface area contributed by atoms with Gasteiger partial charge in [0.2, 0.25) is 5.91 Å². The molecule has 0 radical (unpaired) electrons. The molecule has 1 aromatic carbocycles. The van der Waals surface area contributed by atoms with Gasteiger partial charge in [0.1, 0.15) is 12.2 Å². The number of aryl methyl sites for hydroxylation is 3. The highest BCUT2D eigenvalue weighted by atomic mass is 16.5. The summed E-state index contributed by atoms with van der Waals surface area (Å²) in [5, 5.41) is 5.66. The highest BCUT2D eigenvalue weighted by Gasteiger charge is 2.29. The number of amides is 1. The van der Waals surface area contributed by atoms with E-state index in [0.29, 0.717) is 44.6 Å². The first-order chi connectivity index (χ1) is 16.3. The monoisotopic (exact) mass is 464 g/mol. The van der Waals surface area contributed by atoms with Crippen LogP contribution in [-0.2, 0) is 27.3 Å². The minimum absolute atomic E-state index is 0.0691. The molecule has 0 saturated carbocycles.